The van der Waals surface area contributed by atoms with Gasteiger partial charge in [0.15, 0.2) is 10.2 Å². The summed E-state index contributed by atoms with van der Waals surface area (Å²) >= 11 is 11.9. The predicted molar refractivity (Wildman–Crippen MR) is 81.8 cm³/mol. The number of halogens is 1. The molecule has 3 N–H and O–H groups in total. The summed E-state index contributed by atoms with van der Waals surface area (Å²) in [5, 5.41) is 5.39. The van der Waals surface area contributed by atoms with E-state index in [0.29, 0.717) is 10.8 Å². The number of rotatable bonds is 4. The van der Waals surface area contributed by atoms with Crippen molar-refractivity contribution in [2.24, 2.45) is 10.8 Å². The van der Waals surface area contributed by atoms with Gasteiger partial charge in [-0.3, -0.25) is 5.43 Å². The molecule has 0 spiro atoms. The highest BCUT2D eigenvalue weighted by molar-refractivity contribution is 7.99. The van der Waals surface area contributed by atoms with Crippen molar-refractivity contribution in [2.45, 2.75) is 9.99 Å². The molecule has 0 amide bonds. The average molecular weight is 312 g/mol. The normalized spacial score (nSPS) is 10.8. The zero-order valence-electron chi connectivity index (χ0n) is 9.67. The number of nitrogens with one attached hydrogen (secondary N) is 1. The lowest BCUT2D eigenvalue weighted by Gasteiger charge is -1.97. The van der Waals surface area contributed by atoms with Gasteiger partial charge in [-0.05, 0) is 48.6 Å². The summed E-state index contributed by atoms with van der Waals surface area (Å²) in [5.41, 5.74) is 7.69. The molecule has 0 radical (unpaired) electrons. The summed E-state index contributed by atoms with van der Waals surface area (Å²) in [4.78, 5) is 1.04. The van der Waals surface area contributed by atoms with Crippen LogP contribution in [0.4, 0.5) is 0 Å². The molecular weight excluding hydrogens is 302 g/mol. The maximum Gasteiger partial charge on any atom is 0.184 e. The number of hydrogen-bond acceptors (Lipinski definition) is 4. The van der Waals surface area contributed by atoms with Crippen LogP contribution in [0.5, 0.6) is 0 Å². The second-order valence-electron chi connectivity index (χ2n) is 3.45. The van der Waals surface area contributed by atoms with Crippen molar-refractivity contribution < 1.29 is 4.42 Å². The third-order valence-electron chi connectivity index (χ3n) is 2.00. The summed E-state index contributed by atoms with van der Waals surface area (Å²) in [7, 11) is 0. The maximum absolute atomic E-state index is 5.82. The van der Waals surface area contributed by atoms with Crippen molar-refractivity contribution in [1.29, 1.82) is 0 Å². The highest BCUT2D eigenvalue weighted by atomic mass is 35.5. The summed E-state index contributed by atoms with van der Waals surface area (Å²) in [5.74, 6) is 0.611. The molecule has 0 aliphatic rings. The van der Waals surface area contributed by atoms with Gasteiger partial charge in [0.1, 0.15) is 5.76 Å². The molecule has 0 saturated heterocycles. The minimum atomic E-state index is 0.110. The van der Waals surface area contributed by atoms with E-state index in [2.05, 4.69) is 22.7 Å². The third-order valence-corrected chi connectivity index (χ3v) is 3.27. The average Bonchev–Trinajstić information content (AvgIpc) is 2.79. The molecule has 0 saturated carbocycles. The Morgan fingerprint density at radius 3 is 2.74 bits per heavy atom. The number of thiocarbonyl (C=S) groups is 1. The van der Waals surface area contributed by atoms with Gasteiger partial charge in [0.05, 0.1) is 6.21 Å². The van der Waals surface area contributed by atoms with Gasteiger partial charge >= 0.3 is 0 Å². The van der Waals surface area contributed by atoms with E-state index in [1.807, 2.05) is 36.4 Å². The first kappa shape index (κ1) is 13.9. The molecule has 2 aromatic rings. The Bertz CT molecular complexity index is 595. The highest BCUT2D eigenvalue weighted by Gasteiger charge is 2.02. The zero-order chi connectivity index (χ0) is 13.7. The van der Waals surface area contributed by atoms with E-state index < -0.39 is 0 Å². The van der Waals surface area contributed by atoms with Crippen molar-refractivity contribution in [1.82, 2.24) is 5.43 Å². The number of hydrogen-bond donors (Lipinski definition) is 2. The summed E-state index contributed by atoms with van der Waals surface area (Å²) in [6.07, 6.45) is 1.51. The van der Waals surface area contributed by atoms with Crippen LogP contribution in [0.1, 0.15) is 5.76 Å². The van der Waals surface area contributed by atoms with E-state index in [-0.39, 0.29) is 5.11 Å². The Morgan fingerprint density at radius 1 is 1.32 bits per heavy atom. The molecular formula is C12H10ClN3OS2. The Morgan fingerprint density at radius 2 is 2.05 bits per heavy atom. The van der Waals surface area contributed by atoms with Crippen molar-refractivity contribution in [3.63, 3.8) is 0 Å². The van der Waals surface area contributed by atoms with Crippen LogP contribution in [-0.4, -0.2) is 11.3 Å². The van der Waals surface area contributed by atoms with Gasteiger partial charge in [-0.2, -0.15) is 5.10 Å². The number of benzene rings is 1. The minimum absolute atomic E-state index is 0.110. The van der Waals surface area contributed by atoms with E-state index >= 15 is 0 Å². The van der Waals surface area contributed by atoms with Crippen LogP contribution in [0.25, 0.3) is 0 Å². The molecule has 19 heavy (non-hydrogen) atoms. The SMILES string of the molecule is NC(=S)N/N=C\c1ccc(Sc2ccc(Cl)cc2)o1. The Kier molecular flexibility index (Phi) is 4.84. The Hall–Kier alpha value is -1.50. The minimum Gasteiger partial charge on any atom is -0.448 e. The molecule has 1 aromatic heterocycles. The van der Waals surface area contributed by atoms with Gasteiger partial charge < -0.3 is 10.2 Å². The quantitative estimate of drug-likeness (QED) is 0.515. The van der Waals surface area contributed by atoms with Crippen LogP contribution < -0.4 is 11.2 Å². The summed E-state index contributed by atoms with van der Waals surface area (Å²) in [6.45, 7) is 0. The van der Waals surface area contributed by atoms with E-state index in [1.54, 1.807) is 0 Å². The monoisotopic (exact) mass is 311 g/mol. The van der Waals surface area contributed by atoms with Crippen molar-refractivity contribution in [2.75, 3.05) is 0 Å². The maximum atomic E-state index is 5.82. The fourth-order valence-electron chi connectivity index (χ4n) is 1.24. The van der Waals surface area contributed by atoms with E-state index in [9.17, 15) is 0 Å². The van der Waals surface area contributed by atoms with Crippen molar-refractivity contribution in [3.05, 3.63) is 47.2 Å². The number of furan rings is 1. The van der Waals surface area contributed by atoms with Gasteiger partial charge in [0, 0.05) is 9.92 Å². The molecule has 1 heterocycles. The molecule has 7 heteroatoms. The lowest BCUT2D eigenvalue weighted by atomic mass is 10.4. The zero-order valence-corrected chi connectivity index (χ0v) is 12.1. The standard InChI is InChI=1S/C12H10ClN3OS2/c13-8-1-4-10(5-2-8)19-11-6-3-9(17-11)7-15-16-12(14)18/h1-7H,(H3,14,16,18)/b15-7-. The molecule has 2 rings (SSSR count). The highest BCUT2D eigenvalue weighted by Crippen LogP contribution is 2.29. The molecule has 1 aromatic carbocycles. The van der Waals surface area contributed by atoms with Crippen LogP contribution in [0, 0.1) is 0 Å². The van der Waals surface area contributed by atoms with Crippen LogP contribution in [0.2, 0.25) is 5.02 Å². The first-order valence-electron chi connectivity index (χ1n) is 5.25. The van der Waals surface area contributed by atoms with Crippen LogP contribution in [0.15, 0.2) is 55.9 Å². The van der Waals surface area contributed by atoms with E-state index in [0.717, 1.165) is 9.99 Å². The second-order valence-corrected chi connectivity index (χ2v) is 5.40. The van der Waals surface area contributed by atoms with E-state index in [1.165, 1.54) is 18.0 Å². The largest absolute Gasteiger partial charge is 0.448 e. The first-order chi connectivity index (χ1) is 9.13. The molecule has 0 aliphatic heterocycles. The van der Waals surface area contributed by atoms with Gasteiger partial charge in [0.2, 0.25) is 0 Å². The van der Waals surface area contributed by atoms with Crippen molar-refractivity contribution in [3.8, 4) is 0 Å². The molecule has 4 nitrogen and oxygen atoms in total. The van der Waals surface area contributed by atoms with Gasteiger partial charge in [-0.1, -0.05) is 23.4 Å². The molecule has 0 unspecified atom stereocenters. The topological polar surface area (TPSA) is 63.5 Å². The molecule has 0 aliphatic carbocycles. The van der Waals surface area contributed by atoms with E-state index in [4.69, 9.17) is 21.8 Å². The fraction of sp³-hybridized carbons (Fsp3) is 0. The lowest BCUT2D eigenvalue weighted by Crippen LogP contribution is -2.23. The Balaban J connectivity index is 1.99. The van der Waals surface area contributed by atoms with Gasteiger partial charge in [-0.15, -0.1) is 0 Å². The molecule has 0 atom stereocenters. The van der Waals surface area contributed by atoms with Crippen LogP contribution in [0.3, 0.4) is 0 Å². The summed E-state index contributed by atoms with van der Waals surface area (Å²) in [6, 6.07) is 11.2. The summed E-state index contributed by atoms with van der Waals surface area (Å²) < 4.78 is 5.56. The number of nitrogens with zero attached hydrogens (tertiary/aromatic N) is 1. The molecule has 98 valence electrons. The van der Waals surface area contributed by atoms with Crippen molar-refractivity contribution >= 4 is 46.9 Å². The van der Waals surface area contributed by atoms with Gasteiger partial charge in [-0.25, -0.2) is 0 Å². The number of hydrazone groups is 1. The predicted octanol–water partition coefficient (Wildman–Crippen LogP) is 3.25. The fourth-order valence-corrected chi connectivity index (χ4v) is 2.19. The van der Waals surface area contributed by atoms with Crippen LogP contribution in [-0.2, 0) is 0 Å². The lowest BCUT2D eigenvalue weighted by molar-refractivity contribution is 0.469. The second kappa shape index (κ2) is 6.60. The first-order valence-corrected chi connectivity index (χ1v) is 6.85. The number of nitrogens with two attached hydrogens (primary N) is 1. The third kappa shape index (κ3) is 4.59. The molecule has 0 bridgehead atoms. The van der Waals surface area contributed by atoms with Crippen LogP contribution >= 0.6 is 35.6 Å². The van der Waals surface area contributed by atoms with Gasteiger partial charge in [0.25, 0.3) is 0 Å². The Labute approximate surface area is 125 Å². The molecule has 0 fully saturated rings. The smallest absolute Gasteiger partial charge is 0.184 e.